The van der Waals surface area contributed by atoms with E-state index >= 15 is 0 Å². The van der Waals surface area contributed by atoms with Crippen LogP contribution in [0.15, 0.2) is 30.3 Å². The molecule has 0 aromatic heterocycles. The van der Waals surface area contributed by atoms with Crippen LogP contribution in [0, 0.1) is 5.21 Å². The van der Waals surface area contributed by atoms with Gasteiger partial charge in [0.15, 0.2) is 30.4 Å². The molecule has 2 fully saturated rings. The summed E-state index contributed by atoms with van der Waals surface area (Å²) in [6.45, 7) is 8.08. The van der Waals surface area contributed by atoms with Gasteiger partial charge in [-0.3, -0.25) is 0 Å². The Kier molecular flexibility index (Phi) is 4.66. The molecule has 1 aromatic carbocycles. The van der Waals surface area contributed by atoms with Crippen molar-refractivity contribution < 1.29 is 23.7 Å². The van der Waals surface area contributed by atoms with Crippen LogP contribution in [0.2, 0.25) is 0 Å². The lowest BCUT2D eigenvalue weighted by Crippen LogP contribution is -2.40. The van der Waals surface area contributed by atoms with Gasteiger partial charge in [-0.05, 0) is 27.7 Å². The number of hydrogen-bond donors (Lipinski definition) is 0. The molecule has 0 spiro atoms. The van der Waals surface area contributed by atoms with Crippen LogP contribution in [0.1, 0.15) is 33.3 Å². The summed E-state index contributed by atoms with van der Waals surface area (Å²) in [7, 11) is 0. The van der Waals surface area contributed by atoms with Gasteiger partial charge < -0.3 is 24.2 Å². The van der Waals surface area contributed by atoms with Crippen molar-refractivity contribution in [1.82, 2.24) is 0 Å². The van der Waals surface area contributed by atoms with Crippen molar-refractivity contribution in [3.05, 3.63) is 41.1 Å². The number of rotatable bonds is 4. The molecule has 2 aliphatic heterocycles. The minimum absolute atomic E-state index is 0.265. The minimum atomic E-state index is -0.768. The molecule has 1 aromatic rings. The van der Waals surface area contributed by atoms with E-state index in [0.29, 0.717) is 6.61 Å². The van der Waals surface area contributed by atoms with Crippen LogP contribution in [-0.4, -0.2) is 47.4 Å². The first-order valence-electron chi connectivity index (χ1n) is 8.24. The van der Waals surface area contributed by atoms with E-state index in [1.54, 1.807) is 0 Å². The normalized spacial score (nSPS) is 32.2. The molecule has 6 nitrogen and oxygen atoms in total. The monoisotopic (exact) mass is 335 g/mol. The number of hydrogen-bond acceptors (Lipinski definition) is 5. The van der Waals surface area contributed by atoms with Gasteiger partial charge in [0.2, 0.25) is 0 Å². The van der Waals surface area contributed by atoms with E-state index in [9.17, 15) is 5.21 Å². The predicted molar refractivity (Wildman–Crippen MR) is 88.6 cm³/mol. The summed E-state index contributed by atoms with van der Waals surface area (Å²) in [6.07, 6.45) is 0.395. The van der Waals surface area contributed by atoms with E-state index in [2.05, 4.69) is 0 Å². The fourth-order valence-corrected chi connectivity index (χ4v) is 3.08. The third kappa shape index (κ3) is 4.13. The highest BCUT2D eigenvalue weighted by molar-refractivity contribution is 5.59. The van der Waals surface area contributed by atoms with Crippen molar-refractivity contribution in [3.8, 4) is 0 Å². The van der Waals surface area contributed by atoms with Crippen LogP contribution in [0.3, 0.4) is 0 Å². The maximum atomic E-state index is 12.3. The topological polar surface area (TPSA) is 63.0 Å². The van der Waals surface area contributed by atoms with Crippen molar-refractivity contribution in [1.29, 1.82) is 0 Å². The van der Waals surface area contributed by atoms with Gasteiger partial charge in [0, 0.05) is 5.56 Å². The standard InChI is InChI=1S/C18H25NO5/c1-17(2)21-12-15(23-17)16-14(22-18(3,4)24-16)11-19(20)10-13-8-6-5-7-9-13/h5-9,11,14-16H,10,12H2,1-4H3/b19-11-/t14-,15+,16+/m0/s1. The smallest absolute Gasteiger partial charge is 0.183 e. The van der Waals surface area contributed by atoms with E-state index < -0.39 is 17.7 Å². The Labute approximate surface area is 142 Å². The fraction of sp³-hybridized carbons (Fsp3) is 0.611. The van der Waals surface area contributed by atoms with Gasteiger partial charge in [-0.2, -0.15) is 0 Å². The second kappa shape index (κ2) is 6.44. The molecule has 0 unspecified atom stereocenters. The van der Waals surface area contributed by atoms with Gasteiger partial charge in [-0.1, -0.05) is 30.3 Å². The molecule has 3 rings (SSSR count). The zero-order chi connectivity index (χ0) is 17.4. The van der Waals surface area contributed by atoms with E-state index in [0.717, 1.165) is 10.3 Å². The first kappa shape index (κ1) is 17.4. The molecule has 0 saturated carbocycles. The zero-order valence-electron chi connectivity index (χ0n) is 14.6. The van der Waals surface area contributed by atoms with Gasteiger partial charge >= 0.3 is 0 Å². The Morgan fingerprint density at radius 1 is 1.08 bits per heavy atom. The Morgan fingerprint density at radius 2 is 1.79 bits per heavy atom. The quantitative estimate of drug-likeness (QED) is 0.366. The Hall–Kier alpha value is -1.47. The molecular weight excluding hydrogens is 310 g/mol. The number of benzene rings is 1. The molecule has 0 aliphatic carbocycles. The maximum absolute atomic E-state index is 12.3. The van der Waals surface area contributed by atoms with Gasteiger partial charge in [0.25, 0.3) is 0 Å². The lowest BCUT2D eigenvalue weighted by Gasteiger charge is -2.22. The van der Waals surface area contributed by atoms with E-state index in [1.807, 2.05) is 58.0 Å². The molecule has 24 heavy (non-hydrogen) atoms. The Morgan fingerprint density at radius 3 is 2.42 bits per heavy atom. The average Bonchev–Trinajstić information content (AvgIpc) is 2.98. The van der Waals surface area contributed by atoms with Gasteiger partial charge in [-0.25, -0.2) is 4.74 Å². The number of ether oxygens (including phenoxy) is 4. The third-order valence-corrected chi connectivity index (χ3v) is 4.05. The van der Waals surface area contributed by atoms with Crippen LogP contribution >= 0.6 is 0 Å². The molecule has 3 atom stereocenters. The Balaban J connectivity index is 1.73. The van der Waals surface area contributed by atoms with Crippen molar-refractivity contribution in [2.75, 3.05) is 6.61 Å². The van der Waals surface area contributed by atoms with E-state index in [-0.39, 0.29) is 18.8 Å². The summed E-state index contributed by atoms with van der Waals surface area (Å²) < 4.78 is 24.3. The maximum Gasteiger partial charge on any atom is 0.183 e. The van der Waals surface area contributed by atoms with Crippen LogP contribution in [-0.2, 0) is 25.5 Å². The molecule has 0 N–H and O–H groups in total. The minimum Gasteiger partial charge on any atom is -0.624 e. The van der Waals surface area contributed by atoms with E-state index in [4.69, 9.17) is 18.9 Å². The summed E-state index contributed by atoms with van der Waals surface area (Å²) in [5, 5.41) is 12.3. The zero-order valence-corrected chi connectivity index (χ0v) is 14.6. The molecular formula is C18H25NO5. The summed E-state index contributed by atoms with van der Waals surface area (Å²) in [6, 6.07) is 9.59. The summed E-state index contributed by atoms with van der Waals surface area (Å²) in [4.78, 5) is 0. The van der Waals surface area contributed by atoms with Crippen molar-refractivity contribution in [2.24, 2.45) is 0 Å². The molecule has 2 saturated heterocycles. The highest BCUT2D eigenvalue weighted by Crippen LogP contribution is 2.34. The third-order valence-electron chi connectivity index (χ3n) is 4.05. The molecule has 0 radical (unpaired) electrons. The van der Waals surface area contributed by atoms with Crippen LogP contribution in [0.4, 0.5) is 0 Å². The first-order valence-corrected chi connectivity index (χ1v) is 8.24. The highest BCUT2D eigenvalue weighted by Gasteiger charge is 2.50. The van der Waals surface area contributed by atoms with Crippen LogP contribution in [0.5, 0.6) is 0 Å². The van der Waals surface area contributed by atoms with Crippen LogP contribution < -0.4 is 0 Å². The number of hydroxylamine groups is 1. The second-order valence-electron chi connectivity index (χ2n) is 7.14. The van der Waals surface area contributed by atoms with Crippen molar-refractivity contribution in [2.45, 2.75) is 64.1 Å². The van der Waals surface area contributed by atoms with Gasteiger partial charge in [0.1, 0.15) is 12.2 Å². The summed E-state index contributed by atoms with van der Waals surface area (Å²) in [5.41, 5.74) is 0.944. The molecule has 2 aliphatic rings. The van der Waals surface area contributed by atoms with Crippen molar-refractivity contribution in [3.63, 3.8) is 0 Å². The van der Waals surface area contributed by atoms with Crippen LogP contribution in [0.25, 0.3) is 0 Å². The van der Waals surface area contributed by atoms with Gasteiger partial charge in [0.05, 0.1) is 6.61 Å². The highest BCUT2D eigenvalue weighted by atomic mass is 16.8. The fourth-order valence-electron chi connectivity index (χ4n) is 3.08. The molecule has 0 bridgehead atoms. The SMILES string of the molecule is CC1(C)O[C@@H]([C@H]2COC(C)(C)O2)[C@H](/C=[N+](\[O-])Cc2ccccc2)O1. The molecule has 132 valence electrons. The summed E-state index contributed by atoms with van der Waals surface area (Å²) in [5.74, 6) is -1.41. The largest absolute Gasteiger partial charge is 0.624 e. The van der Waals surface area contributed by atoms with Gasteiger partial charge in [-0.15, -0.1) is 0 Å². The van der Waals surface area contributed by atoms with Crippen molar-refractivity contribution >= 4 is 6.21 Å². The molecule has 6 heteroatoms. The number of nitrogens with zero attached hydrogens (tertiary/aromatic N) is 1. The average molecular weight is 335 g/mol. The predicted octanol–water partition coefficient (Wildman–Crippen LogP) is 2.44. The Bertz CT molecular complexity index is 599. The molecule has 2 heterocycles. The second-order valence-corrected chi connectivity index (χ2v) is 7.14. The first-order chi connectivity index (χ1) is 11.2. The lowest BCUT2D eigenvalue weighted by molar-refractivity contribution is -0.473. The lowest BCUT2D eigenvalue weighted by atomic mass is 10.1. The summed E-state index contributed by atoms with van der Waals surface area (Å²) >= 11 is 0. The molecule has 0 amide bonds. The van der Waals surface area contributed by atoms with E-state index in [1.165, 1.54) is 6.21 Å².